The molecule has 3 rings (SSSR count). The number of aromatic nitrogens is 1. The molecule has 4 nitrogen and oxygen atoms in total. The summed E-state index contributed by atoms with van der Waals surface area (Å²) in [5.74, 6) is -0.347. The highest BCUT2D eigenvalue weighted by atomic mass is 35.5. The van der Waals surface area contributed by atoms with E-state index < -0.39 is 0 Å². The second-order valence-electron chi connectivity index (χ2n) is 6.32. The zero-order valence-electron chi connectivity index (χ0n) is 15.1. The molecule has 0 aliphatic rings. The van der Waals surface area contributed by atoms with E-state index >= 15 is 0 Å². The van der Waals surface area contributed by atoms with Crippen molar-refractivity contribution in [3.05, 3.63) is 58.1 Å². The Bertz CT molecular complexity index is 1000. The smallest absolute Gasteiger partial charge is 0.258 e. The van der Waals surface area contributed by atoms with Crippen LogP contribution in [-0.4, -0.2) is 16.0 Å². The average Bonchev–Trinajstić information content (AvgIpc) is 3.00. The summed E-state index contributed by atoms with van der Waals surface area (Å²) in [5, 5.41) is 6.89. The number of thiocarbonyl (C=S) groups is 1. The van der Waals surface area contributed by atoms with Gasteiger partial charge in [0.05, 0.1) is 20.8 Å². The third-order valence-electron chi connectivity index (χ3n) is 4.09. The monoisotopic (exact) mass is 417 g/mol. The van der Waals surface area contributed by atoms with Gasteiger partial charge in [0.15, 0.2) is 10.2 Å². The number of nitrogens with one attached hydrogen (secondary N) is 2. The number of thiazole rings is 1. The van der Waals surface area contributed by atoms with Gasteiger partial charge < -0.3 is 5.32 Å². The molecule has 0 aliphatic heterocycles. The standard InChI is InChI=1S/C20H20ClN3OS2/c1-3-4-5-13-7-9-16-17(11-13)27-20(22-16)24-19(26)23-18(25)14-8-6-12(2)10-15(14)21/h6-11H,3-5H2,1-2H3,(H2,22,23,24,25,26). The van der Waals surface area contributed by atoms with Crippen molar-refractivity contribution in [1.82, 2.24) is 10.3 Å². The molecule has 0 atom stereocenters. The van der Waals surface area contributed by atoms with E-state index in [2.05, 4.69) is 34.7 Å². The minimum atomic E-state index is -0.347. The molecule has 0 bridgehead atoms. The quantitative estimate of drug-likeness (QED) is 0.520. The van der Waals surface area contributed by atoms with E-state index in [0.29, 0.717) is 15.7 Å². The summed E-state index contributed by atoms with van der Waals surface area (Å²) in [6.07, 6.45) is 3.42. The maximum atomic E-state index is 12.4. The first kappa shape index (κ1) is 19.7. The Morgan fingerprint density at radius 2 is 2.07 bits per heavy atom. The van der Waals surface area contributed by atoms with Gasteiger partial charge in [-0.25, -0.2) is 4.98 Å². The molecule has 1 amide bonds. The molecular weight excluding hydrogens is 398 g/mol. The predicted molar refractivity (Wildman–Crippen MR) is 118 cm³/mol. The molecular formula is C20H20ClN3OS2. The van der Waals surface area contributed by atoms with Crippen LogP contribution in [-0.2, 0) is 6.42 Å². The van der Waals surface area contributed by atoms with Crippen molar-refractivity contribution in [1.29, 1.82) is 0 Å². The Balaban J connectivity index is 1.67. The fourth-order valence-corrected chi connectivity index (χ4v) is 4.17. The number of hydrogen-bond donors (Lipinski definition) is 2. The maximum Gasteiger partial charge on any atom is 0.258 e. The van der Waals surface area contributed by atoms with Gasteiger partial charge in [0.2, 0.25) is 0 Å². The summed E-state index contributed by atoms with van der Waals surface area (Å²) in [6.45, 7) is 4.10. The van der Waals surface area contributed by atoms with Gasteiger partial charge in [-0.1, -0.05) is 48.4 Å². The van der Waals surface area contributed by atoms with Gasteiger partial charge >= 0.3 is 0 Å². The maximum absolute atomic E-state index is 12.4. The number of nitrogens with zero attached hydrogens (tertiary/aromatic N) is 1. The molecule has 0 spiro atoms. The van der Waals surface area contributed by atoms with Crippen molar-refractivity contribution >= 4 is 61.5 Å². The minimum absolute atomic E-state index is 0.196. The Labute approximate surface area is 173 Å². The summed E-state index contributed by atoms with van der Waals surface area (Å²) >= 11 is 12.9. The van der Waals surface area contributed by atoms with Crippen molar-refractivity contribution in [2.75, 3.05) is 5.32 Å². The Morgan fingerprint density at radius 1 is 1.26 bits per heavy atom. The summed E-state index contributed by atoms with van der Waals surface area (Å²) in [6, 6.07) is 11.6. The van der Waals surface area contributed by atoms with Crippen LogP contribution in [0, 0.1) is 6.92 Å². The van der Waals surface area contributed by atoms with Gasteiger partial charge in [0.1, 0.15) is 0 Å². The predicted octanol–water partition coefficient (Wildman–Crippen LogP) is 5.73. The van der Waals surface area contributed by atoms with Crippen LogP contribution in [0.2, 0.25) is 5.02 Å². The second-order valence-corrected chi connectivity index (χ2v) is 8.16. The molecule has 0 radical (unpaired) electrons. The number of anilines is 1. The molecule has 7 heteroatoms. The van der Waals surface area contributed by atoms with Crippen LogP contribution >= 0.6 is 35.2 Å². The van der Waals surface area contributed by atoms with Gasteiger partial charge in [0, 0.05) is 0 Å². The van der Waals surface area contributed by atoms with Gasteiger partial charge in [-0.3, -0.25) is 10.1 Å². The lowest BCUT2D eigenvalue weighted by Crippen LogP contribution is -2.34. The van der Waals surface area contributed by atoms with Crippen molar-refractivity contribution in [2.24, 2.45) is 0 Å². The van der Waals surface area contributed by atoms with E-state index in [-0.39, 0.29) is 11.0 Å². The van der Waals surface area contributed by atoms with Crippen molar-refractivity contribution in [3.63, 3.8) is 0 Å². The van der Waals surface area contributed by atoms with Crippen LogP contribution in [0.4, 0.5) is 5.13 Å². The molecule has 1 aromatic heterocycles. The molecule has 0 saturated heterocycles. The number of halogens is 1. The van der Waals surface area contributed by atoms with Crippen LogP contribution in [0.1, 0.15) is 41.3 Å². The minimum Gasteiger partial charge on any atom is -0.308 e. The van der Waals surface area contributed by atoms with E-state index in [0.717, 1.165) is 22.2 Å². The third-order valence-corrected chi connectivity index (χ3v) is 5.54. The molecule has 2 aromatic carbocycles. The van der Waals surface area contributed by atoms with E-state index in [4.69, 9.17) is 23.8 Å². The summed E-state index contributed by atoms with van der Waals surface area (Å²) < 4.78 is 1.10. The van der Waals surface area contributed by atoms with Crippen molar-refractivity contribution < 1.29 is 4.79 Å². The van der Waals surface area contributed by atoms with E-state index in [1.165, 1.54) is 29.7 Å². The zero-order valence-corrected chi connectivity index (χ0v) is 17.5. The molecule has 0 saturated carbocycles. The average molecular weight is 418 g/mol. The van der Waals surface area contributed by atoms with Crippen LogP contribution in [0.25, 0.3) is 10.2 Å². The van der Waals surface area contributed by atoms with Crippen LogP contribution in [0.5, 0.6) is 0 Å². The number of hydrogen-bond acceptors (Lipinski definition) is 4. The van der Waals surface area contributed by atoms with Crippen molar-refractivity contribution in [3.8, 4) is 0 Å². The first-order valence-electron chi connectivity index (χ1n) is 8.74. The first-order chi connectivity index (χ1) is 13.0. The molecule has 2 N–H and O–H groups in total. The normalized spacial score (nSPS) is 10.8. The highest BCUT2D eigenvalue weighted by Crippen LogP contribution is 2.27. The topological polar surface area (TPSA) is 54.0 Å². The third kappa shape index (κ3) is 5.03. The number of fused-ring (bicyclic) bond motifs is 1. The number of carbonyl (C=O) groups excluding carboxylic acids is 1. The summed E-state index contributed by atoms with van der Waals surface area (Å²) in [4.78, 5) is 16.9. The number of aryl methyl sites for hydroxylation is 2. The van der Waals surface area contributed by atoms with E-state index in [1.807, 2.05) is 19.1 Å². The van der Waals surface area contributed by atoms with Gasteiger partial charge in [-0.2, -0.15) is 0 Å². The fraction of sp³-hybridized carbons (Fsp3) is 0.250. The van der Waals surface area contributed by atoms with Crippen LogP contribution in [0.3, 0.4) is 0 Å². The Morgan fingerprint density at radius 3 is 2.81 bits per heavy atom. The molecule has 1 heterocycles. The second kappa shape index (κ2) is 8.78. The molecule has 27 heavy (non-hydrogen) atoms. The highest BCUT2D eigenvalue weighted by molar-refractivity contribution is 7.80. The SMILES string of the molecule is CCCCc1ccc2nc(NC(=S)NC(=O)c3ccc(C)cc3Cl)sc2c1. The number of unbranched alkanes of at least 4 members (excludes halogenated alkanes) is 1. The first-order valence-corrected chi connectivity index (χ1v) is 10.3. The number of amides is 1. The molecule has 140 valence electrons. The fourth-order valence-electron chi connectivity index (χ4n) is 2.66. The molecule has 0 unspecified atom stereocenters. The Kier molecular flexibility index (Phi) is 6.42. The number of carbonyl (C=O) groups is 1. The van der Waals surface area contributed by atoms with Gasteiger partial charge in [-0.05, 0) is 67.4 Å². The molecule has 0 fully saturated rings. The van der Waals surface area contributed by atoms with E-state index in [9.17, 15) is 4.79 Å². The summed E-state index contributed by atoms with van der Waals surface area (Å²) in [5.41, 5.74) is 3.60. The number of benzene rings is 2. The van der Waals surface area contributed by atoms with Crippen molar-refractivity contribution in [2.45, 2.75) is 33.1 Å². The lowest BCUT2D eigenvalue weighted by Gasteiger charge is -2.08. The van der Waals surface area contributed by atoms with Gasteiger partial charge in [0.25, 0.3) is 5.91 Å². The van der Waals surface area contributed by atoms with E-state index in [1.54, 1.807) is 12.1 Å². The number of rotatable bonds is 5. The van der Waals surface area contributed by atoms with Crippen LogP contribution < -0.4 is 10.6 Å². The molecule has 0 aliphatic carbocycles. The lowest BCUT2D eigenvalue weighted by atomic mass is 10.1. The van der Waals surface area contributed by atoms with Gasteiger partial charge in [-0.15, -0.1) is 0 Å². The highest BCUT2D eigenvalue weighted by Gasteiger charge is 2.13. The summed E-state index contributed by atoms with van der Waals surface area (Å²) in [7, 11) is 0. The lowest BCUT2D eigenvalue weighted by molar-refractivity contribution is 0.0978. The zero-order chi connectivity index (χ0) is 19.4. The Hall–Kier alpha value is -2.02. The molecule has 3 aromatic rings. The largest absolute Gasteiger partial charge is 0.308 e. The van der Waals surface area contributed by atoms with Crippen LogP contribution in [0.15, 0.2) is 36.4 Å².